The second-order valence-corrected chi connectivity index (χ2v) is 3.99. The number of nitrogens with two attached hydrogens (primary N) is 1. The zero-order chi connectivity index (χ0) is 10.9. The van der Waals surface area contributed by atoms with Crippen LogP contribution in [0.3, 0.4) is 0 Å². The normalized spacial score (nSPS) is 9.93. The number of thioether (sulfide) groups is 1. The summed E-state index contributed by atoms with van der Waals surface area (Å²) in [4.78, 5) is 15.2. The van der Waals surface area contributed by atoms with Gasteiger partial charge < -0.3 is 4.84 Å². The van der Waals surface area contributed by atoms with Crippen molar-refractivity contribution in [1.29, 1.82) is 0 Å². The lowest BCUT2D eigenvalue weighted by molar-refractivity contribution is -0.150. The molecule has 82 valence electrons. The highest BCUT2D eigenvalue weighted by Gasteiger charge is 2.01. The van der Waals surface area contributed by atoms with Crippen molar-refractivity contribution in [3.63, 3.8) is 0 Å². The molecule has 0 atom stereocenters. The van der Waals surface area contributed by atoms with E-state index in [1.54, 1.807) is 11.8 Å². The van der Waals surface area contributed by atoms with E-state index in [0.29, 0.717) is 6.42 Å². The SMILES string of the molecule is NNOC(=O)CCSCc1ccccc1. The molecule has 0 aliphatic rings. The Morgan fingerprint density at radius 2 is 2.13 bits per heavy atom. The minimum atomic E-state index is -0.335. The Bertz CT molecular complexity index is 293. The lowest BCUT2D eigenvalue weighted by Crippen LogP contribution is -2.26. The van der Waals surface area contributed by atoms with E-state index in [1.165, 1.54) is 5.56 Å². The first kappa shape index (κ1) is 12.0. The predicted molar refractivity (Wildman–Crippen MR) is 60.6 cm³/mol. The molecule has 15 heavy (non-hydrogen) atoms. The first-order valence-electron chi connectivity index (χ1n) is 4.60. The van der Waals surface area contributed by atoms with Crippen LogP contribution in [-0.2, 0) is 15.4 Å². The summed E-state index contributed by atoms with van der Waals surface area (Å²) in [6.45, 7) is 0. The minimum Gasteiger partial charge on any atom is -0.356 e. The summed E-state index contributed by atoms with van der Waals surface area (Å²) >= 11 is 1.69. The van der Waals surface area contributed by atoms with Crippen molar-refractivity contribution >= 4 is 17.7 Å². The number of nitrogens with one attached hydrogen (secondary N) is 1. The predicted octanol–water partition coefficient (Wildman–Crippen LogP) is 1.23. The van der Waals surface area contributed by atoms with E-state index in [9.17, 15) is 4.79 Å². The zero-order valence-corrected chi connectivity index (χ0v) is 9.13. The molecule has 0 aromatic heterocycles. The number of hydrogen-bond acceptors (Lipinski definition) is 5. The molecule has 0 amide bonds. The maximum absolute atomic E-state index is 10.9. The first-order valence-corrected chi connectivity index (χ1v) is 5.75. The number of benzene rings is 1. The van der Waals surface area contributed by atoms with Gasteiger partial charge in [0.25, 0.3) is 0 Å². The molecule has 0 aliphatic heterocycles. The van der Waals surface area contributed by atoms with Crippen molar-refractivity contribution < 1.29 is 9.63 Å². The standard InChI is InChI=1S/C10H14N2O2S/c11-12-14-10(13)6-7-15-8-9-4-2-1-3-5-9/h1-5,12H,6-8,11H2. The van der Waals surface area contributed by atoms with Gasteiger partial charge in [0, 0.05) is 11.5 Å². The van der Waals surface area contributed by atoms with Gasteiger partial charge in [0.2, 0.25) is 0 Å². The Morgan fingerprint density at radius 3 is 2.80 bits per heavy atom. The zero-order valence-electron chi connectivity index (χ0n) is 8.31. The van der Waals surface area contributed by atoms with Crippen molar-refractivity contribution in [3.8, 4) is 0 Å². The van der Waals surface area contributed by atoms with Crippen LogP contribution in [0, 0.1) is 0 Å². The fourth-order valence-electron chi connectivity index (χ4n) is 1.04. The molecule has 5 heteroatoms. The summed E-state index contributed by atoms with van der Waals surface area (Å²) in [6, 6.07) is 10.1. The summed E-state index contributed by atoms with van der Waals surface area (Å²) in [7, 11) is 0. The molecule has 0 spiro atoms. The van der Waals surface area contributed by atoms with Gasteiger partial charge in [-0.05, 0) is 5.56 Å². The summed E-state index contributed by atoms with van der Waals surface area (Å²) in [5.41, 5.74) is 3.12. The van der Waals surface area contributed by atoms with Crippen LogP contribution in [0.5, 0.6) is 0 Å². The van der Waals surface area contributed by atoms with Gasteiger partial charge in [0.05, 0.1) is 6.42 Å². The van der Waals surface area contributed by atoms with Crippen molar-refractivity contribution in [3.05, 3.63) is 35.9 Å². The quantitative estimate of drug-likeness (QED) is 0.434. The van der Waals surface area contributed by atoms with Crippen molar-refractivity contribution in [2.75, 3.05) is 5.75 Å². The van der Waals surface area contributed by atoms with Gasteiger partial charge in [-0.15, -0.1) is 0 Å². The van der Waals surface area contributed by atoms with Crippen LogP contribution in [0.15, 0.2) is 30.3 Å². The van der Waals surface area contributed by atoms with Crippen molar-refractivity contribution in [2.45, 2.75) is 12.2 Å². The highest BCUT2D eigenvalue weighted by atomic mass is 32.2. The Kier molecular flexibility index (Phi) is 5.84. The van der Waals surface area contributed by atoms with E-state index in [2.05, 4.69) is 17.0 Å². The maximum Gasteiger partial charge on any atom is 0.327 e. The van der Waals surface area contributed by atoms with E-state index in [0.717, 1.165) is 11.5 Å². The molecular formula is C10H14N2O2S. The Hall–Kier alpha value is -1.04. The molecule has 0 saturated heterocycles. The molecule has 4 nitrogen and oxygen atoms in total. The van der Waals surface area contributed by atoms with Crippen molar-refractivity contribution in [1.82, 2.24) is 5.59 Å². The molecule has 0 unspecified atom stereocenters. The fourth-order valence-corrected chi connectivity index (χ4v) is 1.92. The van der Waals surface area contributed by atoms with E-state index >= 15 is 0 Å². The van der Waals surface area contributed by atoms with E-state index < -0.39 is 0 Å². The number of hydrogen-bond donors (Lipinski definition) is 2. The van der Waals surface area contributed by atoms with Crippen LogP contribution >= 0.6 is 11.8 Å². The molecular weight excluding hydrogens is 212 g/mol. The maximum atomic E-state index is 10.9. The lowest BCUT2D eigenvalue weighted by atomic mass is 10.2. The second-order valence-electron chi connectivity index (χ2n) is 2.88. The molecule has 0 heterocycles. The molecule has 1 rings (SSSR count). The summed E-state index contributed by atoms with van der Waals surface area (Å²) in [5, 5.41) is 0. The van der Waals surface area contributed by atoms with E-state index in [4.69, 9.17) is 5.84 Å². The average molecular weight is 226 g/mol. The van der Waals surface area contributed by atoms with Gasteiger partial charge in [-0.25, -0.2) is 5.84 Å². The van der Waals surface area contributed by atoms with Crippen LogP contribution in [0.4, 0.5) is 0 Å². The molecule has 3 N–H and O–H groups in total. The Labute approximate surface area is 93.1 Å². The fraction of sp³-hybridized carbons (Fsp3) is 0.300. The molecule has 0 saturated carbocycles. The smallest absolute Gasteiger partial charge is 0.327 e. The molecule has 0 fully saturated rings. The second kappa shape index (κ2) is 7.28. The number of carbonyl (C=O) groups is 1. The number of rotatable bonds is 6. The largest absolute Gasteiger partial charge is 0.356 e. The molecule has 0 aliphatic carbocycles. The lowest BCUT2D eigenvalue weighted by Gasteiger charge is -2.01. The van der Waals surface area contributed by atoms with Gasteiger partial charge in [-0.3, -0.25) is 4.79 Å². The van der Waals surface area contributed by atoms with Gasteiger partial charge in [0.1, 0.15) is 0 Å². The molecule has 0 bridgehead atoms. The number of carbonyl (C=O) groups excluding carboxylic acids is 1. The van der Waals surface area contributed by atoms with E-state index in [-0.39, 0.29) is 5.97 Å². The monoisotopic (exact) mass is 226 g/mol. The van der Waals surface area contributed by atoms with Crippen LogP contribution in [0.25, 0.3) is 0 Å². The van der Waals surface area contributed by atoms with Crippen LogP contribution in [0.2, 0.25) is 0 Å². The van der Waals surface area contributed by atoms with Gasteiger partial charge in [0.15, 0.2) is 0 Å². The topological polar surface area (TPSA) is 64.3 Å². The summed E-state index contributed by atoms with van der Waals surface area (Å²) in [6.07, 6.45) is 0.363. The average Bonchev–Trinajstić information content (AvgIpc) is 2.26. The van der Waals surface area contributed by atoms with Crippen molar-refractivity contribution in [2.24, 2.45) is 5.84 Å². The summed E-state index contributed by atoms with van der Waals surface area (Å²) in [5.74, 6) is 6.13. The van der Waals surface area contributed by atoms with Gasteiger partial charge >= 0.3 is 5.97 Å². The van der Waals surface area contributed by atoms with Crippen LogP contribution in [-0.4, -0.2) is 11.7 Å². The number of hydrazine groups is 1. The Balaban J connectivity index is 2.10. The molecule has 1 aromatic rings. The van der Waals surface area contributed by atoms with Gasteiger partial charge in [-0.2, -0.15) is 11.8 Å². The molecule has 0 radical (unpaired) electrons. The summed E-state index contributed by atoms with van der Waals surface area (Å²) < 4.78 is 0. The van der Waals surface area contributed by atoms with E-state index in [1.807, 2.05) is 23.8 Å². The highest BCUT2D eigenvalue weighted by Crippen LogP contribution is 2.12. The third-order valence-corrected chi connectivity index (χ3v) is 2.77. The minimum absolute atomic E-state index is 0.335. The molecule has 1 aromatic carbocycles. The Morgan fingerprint density at radius 1 is 1.40 bits per heavy atom. The third kappa shape index (κ3) is 5.41. The van der Waals surface area contributed by atoms with Crippen LogP contribution < -0.4 is 11.4 Å². The highest BCUT2D eigenvalue weighted by molar-refractivity contribution is 7.98. The first-order chi connectivity index (χ1) is 7.33. The van der Waals surface area contributed by atoms with Crippen LogP contribution in [0.1, 0.15) is 12.0 Å². The third-order valence-electron chi connectivity index (χ3n) is 1.73. The van der Waals surface area contributed by atoms with Gasteiger partial charge in [-0.1, -0.05) is 35.9 Å².